The number of benzene rings is 3. The summed E-state index contributed by atoms with van der Waals surface area (Å²) in [6, 6.07) is 22.3. The van der Waals surface area contributed by atoms with Crippen LogP contribution in [0.3, 0.4) is 0 Å². The van der Waals surface area contributed by atoms with Crippen molar-refractivity contribution in [2.24, 2.45) is 0 Å². The van der Waals surface area contributed by atoms with Crippen LogP contribution in [0.2, 0.25) is 0 Å². The summed E-state index contributed by atoms with van der Waals surface area (Å²) >= 11 is 0. The fourth-order valence-corrected chi connectivity index (χ4v) is 3.30. The Balaban J connectivity index is 1.77. The van der Waals surface area contributed by atoms with E-state index in [-0.39, 0.29) is 0 Å². The molecule has 0 saturated carbocycles. The summed E-state index contributed by atoms with van der Waals surface area (Å²) in [7, 11) is 0. The van der Waals surface area contributed by atoms with Crippen molar-refractivity contribution in [1.29, 1.82) is 0 Å². The molecule has 0 radical (unpaired) electrons. The van der Waals surface area contributed by atoms with Crippen LogP contribution in [0, 0.1) is 12.3 Å². The van der Waals surface area contributed by atoms with Gasteiger partial charge in [0.2, 0.25) is 0 Å². The molecule has 2 aromatic heterocycles. The molecule has 2 heterocycles. The first-order valence-electron chi connectivity index (χ1n) is 8.33. The largest absolute Gasteiger partial charge is 0.338 e. The second kappa shape index (κ2) is 5.61. The van der Waals surface area contributed by atoms with Crippen LogP contribution >= 0.6 is 0 Å². The van der Waals surface area contributed by atoms with Crippen molar-refractivity contribution in [2.75, 3.05) is 0 Å². The predicted octanol–water partition coefficient (Wildman–Crippen LogP) is 4.75. The highest BCUT2D eigenvalue weighted by atomic mass is 14.9. The van der Waals surface area contributed by atoms with Crippen molar-refractivity contribution in [3.05, 3.63) is 72.6 Å². The molecule has 0 bridgehead atoms. The molecule has 0 aliphatic rings. The number of fused-ring (bicyclic) bond motifs is 2. The fourth-order valence-electron chi connectivity index (χ4n) is 3.30. The van der Waals surface area contributed by atoms with Crippen molar-refractivity contribution < 1.29 is 0 Å². The molecule has 0 aliphatic heterocycles. The second-order valence-electron chi connectivity index (χ2n) is 6.08. The van der Waals surface area contributed by atoms with Crippen molar-refractivity contribution in [1.82, 2.24) is 19.9 Å². The predicted molar refractivity (Wildman–Crippen MR) is 105 cm³/mol. The highest BCUT2D eigenvalue weighted by molar-refractivity contribution is 6.01. The van der Waals surface area contributed by atoms with E-state index in [1.165, 1.54) is 0 Å². The Labute approximate surface area is 149 Å². The Morgan fingerprint density at radius 3 is 2.04 bits per heavy atom. The first kappa shape index (κ1) is 14.5. The topological polar surface area (TPSA) is 57.4 Å². The molecule has 0 unspecified atom stereocenters. The maximum Gasteiger partial charge on any atom is 0.183 e. The molecule has 3 aromatic carbocycles. The number of aromatic amines is 2. The number of hydrogen-bond acceptors (Lipinski definition) is 2. The van der Waals surface area contributed by atoms with Crippen LogP contribution < -0.4 is 0 Å². The summed E-state index contributed by atoms with van der Waals surface area (Å²) in [5.74, 6) is 3.96. The Morgan fingerprint density at radius 1 is 0.692 bits per heavy atom. The van der Waals surface area contributed by atoms with E-state index in [1.807, 2.05) is 54.6 Å². The molecule has 26 heavy (non-hydrogen) atoms. The van der Waals surface area contributed by atoms with Crippen LogP contribution in [-0.2, 0) is 0 Å². The lowest BCUT2D eigenvalue weighted by Gasteiger charge is -2.03. The van der Waals surface area contributed by atoms with Crippen molar-refractivity contribution >= 4 is 22.1 Å². The molecule has 0 aliphatic carbocycles. The van der Waals surface area contributed by atoms with E-state index in [1.54, 1.807) is 0 Å². The molecule has 0 amide bonds. The summed E-state index contributed by atoms with van der Waals surface area (Å²) in [6.07, 6.45) is 5.50. The van der Waals surface area contributed by atoms with Crippen LogP contribution in [0.25, 0.3) is 44.6 Å². The van der Waals surface area contributed by atoms with Crippen LogP contribution in [0.5, 0.6) is 0 Å². The molecular formula is C22H14N4. The number of H-pyrrole nitrogens is 2. The van der Waals surface area contributed by atoms with Gasteiger partial charge in [-0.3, -0.25) is 0 Å². The number of nitrogens with one attached hydrogen (secondary N) is 2. The van der Waals surface area contributed by atoms with Crippen LogP contribution in [0.4, 0.5) is 0 Å². The third-order valence-electron chi connectivity index (χ3n) is 4.50. The molecule has 4 nitrogen and oxygen atoms in total. The third-order valence-corrected chi connectivity index (χ3v) is 4.50. The molecule has 0 saturated heterocycles. The summed E-state index contributed by atoms with van der Waals surface area (Å²) < 4.78 is 0. The minimum atomic E-state index is 0.534. The lowest BCUT2D eigenvalue weighted by Crippen LogP contribution is -1.83. The SMILES string of the molecule is C#Cc1nc2c(-c3cccc4[nH]c(-c5ccccc5)nc34)cccc2[nH]1. The van der Waals surface area contributed by atoms with E-state index in [4.69, 9.17) is 11.4 Å². The zero-order chi connectivity index (χ0) is 17.5. The zero-order valence-electron chi connectivity index (χ0n) is 13.8. The molecule has 0 fully saturated rings. The summed E-state index contributed by atoms with van der Waals surface area (Å²) in [5, 5.41) is 0. The van der Waals surface area contributed by atoms with Crippen LogP contribution in [-0.4, -0.2) is 19.9 Å². The van der Waals surface area contributed by atoms with Gasteiger partial charge in [-0.15, -0.1) is 6.42 Å². The Hall–Kier alpha value is -3.84. The summed E-state index contributed by atoms with van der Waals surface area (Å²) in [5.41, 5.74) is 6.79. The molecule has 0 atom stereocenters. The highest BCUT2D eigenvalue weighted by Crippen LogP contribution is 2.33. The van der Waals surface area contributed by atoms with Crippen molar-refractivity contribution in [2.45, 2.75) is 0 Å². The number of para-hydroxylation sites is 2. The Morgan fingerprint density at radius 2 is 1.35 bits per heavy atom. The molecule has 5 aromatic rings. The lowest BCUT2D eigenvalue weighted by atomic mass is 10.0. The van der Waals surface area contributed by atoms with Crippen LogP contribution in [0.15, 0.2) is 66.7 Å². The molecular weight excluding hydrogens is 320 g/mol. The molecule has 5 rings (SSSR count). The van der Waals surface area contributed by atoms with Gasteiger partial charge in [-0.05, 0) is 18.1 Å². The molecule has 4 heteroatoms. The summed E-state index contributed by atoms with van der Waals surface area (Å²) in [6.45, 7) is 0. The average Bonchev–Trinajstić information content (AvgIpc) is 3.32. The number of aromatic nitrogens is 4. The molecule has 122 valence electrons. The first-order chi connectivity index (χ1) is 12.8. The quantitative estimate of drug-likeness (QED) is 0.458. The minimum absolute atomic E-state index is 0.534. The van der Waals surface area contributed by atoms with Crippen molar-refractivity contribution in [3.63, 3.8) is 0 Å². The van der Waals surface area contributed by atoms with Gasteiger partial charge in [0, 0.05) is 16.7 Å². The minimum Gasteiger partial charge on any atom is -0.338 e. The maximum absolute atomic E-state index is 5.50. The van der Waals surface area contributed by atoms with Gasteiger partial charge in [-0.1, -0.05) is 54.6 Å². The lowest BCUT2D eigenvalue weighted by molar-refractivity contribution is 1.28. The fraction of sp³-hybridized carbons (Fsp3) is 0. The third kappa shape index (κ3) is 2.19. The van der Waals surface area contributed by atoms with Gasteiger partial charge >= 0.3 is 0 Å². The maximum atomic E-state index is 5.50. The van der Waals surface area contributed by atoms with Gasteiger partial charge in [0.05, 0.1) is 22.1 Å². The van der Waals surface area contributed by atoms with E-state index in [0.717, 1.165) is 44.6 Å². The van der Waals surface area contributed by atoms with Crippen LogP contribution in [0.1, 0.15) is 5.82 Å². The zero-order valence-corrected chi connectivity index (χ0v) is 13.8. The number of imidazole rings is 2. The van der Waals surface area contributed by atoms with Gasteiger partial charge in [0.1, 0.15) is 5.82 Å². The number of terminal acetylenes is 1. The molecule has 0 spiro atoms. The van der Waals surface area contributed by atoms with E-state index < -0.39 is 0 Å². The van der Waals surface area contributed by atoms with Crippen molar-refractivity contribution in [3.8, 4) is 34.9 Å². The summed E-state index contributed by atoms with van der Waals surface area (Å²) in [4.78, 5) is 16.0. The van der Waals surface area contributed by atoms with Gasteiger partial charge < -0.3 is 9.97 Å². The van der Waals surface area contributed by atoms with Gasteiger partial charge in [-0.25, -0.2) is 9.97 Å². The normalized spacial score (nSPS) is 11.0. The Kier molecular flexibility index (Phi) is 3.13. The van der Waals surface area contributed by atoms with E-state index in [0.29, 0.717) is 5.82 Å². The van der Waals surface area contributed by atoms with E-state index >= 15 is 0 Å². The van der Waals surface area contributed by atoms with E-state index in [2.05, 4.69) is 33.0 Å². The average molecular weight is 334 g/mol. The Bertz CT molecular complexity index is 1290. The monoisotopic (exact) mass is 334 g/mol. The number of nitrogens with zero attached hydrogens (tertiary/aromatic N) is 2. The number of hydrogen-bond donors (Lipinski definition) is 2. The first-order valence-corrected chi connectivity index (χ1v) is 8.33. The smallest absolute Gasteiger partial charge is 0.183 e. The molecule has 2 N–H and O–H groups in total. The number of rotatable bonds is 2. The standard InChI is InChI=1S/C22H14N4/c1-2-19-23-17-12-6-10-15(20(17)25-19)16-11-7-13-18-21(16)26-22(24-18)14-8-4-3-5-9-14/h1,3-13H,(H,23,25)(H,24,26). The van der Waals surface area contributed by atoms with E-state index in [9.17, 15) is 0 Å². The highest BCUT2D eigenvalue weighted by Gasteiger charge is 2.14. The second-order valence-corrected chi connectivity index (χ2v) is 6.08. The van der Waals surface area contributed by atoms with Gasteiger partial charge in [0.15, 0.2) is 5.82 Å². The van der Waals surface area contributed by atoms with Gasteiger partial charge in [-0.2, -0.15) is 0 Å². The van der Waals surface area contributed by atoms with Gasteiger partial charge in [0.25, 0.3) is 0 Å².